The van der Waals surface area contributed by atoms with Gasteiger partial charge in [0, 0.05) is 26.2 Å². The van der Waals surface area contributed by atoms with Gasteiger partial charge in [0.15, 0.2) is 11.2 Å². The molecular weight excluding hydrogens is 274 g/mol. The van der Waals surface area contributed by atoms with E-state index >= 15 is 0 Å². The van der Waals surface area contributed by atoms with E-state index in [0.29, 0.717) is 43.3 Å². The first-order valence-electron chi connectivity index (χ1n) is 7.19. The van der Waals surface area contributed by atoms with E-state index in [1.54, 1.807) is 11.5 Å². The monoisotopic (exact) mass is 295 g/mol. The Morgan fingerprint density at radius 1 is 1.05 bits per heavy atom. The summed E-state index contributed by atoms with van der Waals surface area (Å²) in [5, 5.41) is 11.9. The highest BCUT2D eigenvalue weighted by atomic mass is 16.3. The van der Waals surface area contributed by atoms with Gasteiger partial charge < -0.3 is 15.0 Å². The van der Waals surface area contributed by atoms with Crippen molar-refractivity contribution >= 4 is 17.1 Å². The molecule has 2 rings (SSSR count). The van der Waals surface area contributed by atoms with Crippen molar-refractivity contribution in [3.63, 3.8) is 0 Å². The molecule has 2 aromatic heterocycles. The van der Waals surface area contributed by atoms with Crippen LogP contribution >= 0.6 is 0 Å². The SMILES string of the molecule is CCn1c(=O)c2c(nc(NCCO)n2CC)n(CC)c1=O. The molecule has 0 spiro atoms. The molecular formula is C13H21N5O3. The summed E-state index contributed by atoms with van der Waals surface area (Å²) in [6.07, 6.45) is 0. The van der Waals surface area contributed by atoms with Crippen LogP contribution in [-0.4, -0.2) is 36.9 Å². The molecule has 0 aromatic carbocycles. The van der Waals surface area contributed by atoms with Crippen molar-refractivity contribution in [2.45, 2.75) is 40.4 Å². The standard InChI is InChI=1S/C13H21N5O3/c1-4-16-9-10(15-12(16)14-7-8-19)17(5-2)13(21)18(6-3)11(9)20/h19H,4-8H2,1-3H3,(H,14,15). The van der Waals surface area contributed by atoms with Crippen LogP contribution in [0.2, 0.25) is 0 Å². The van der Waals surface area contributed by atoms with Crippen LogP contribution in [0.3, 0.4) is 0 Å². The zero-order valence-corrected chi connectivity index (χ0v) is 12.6. The third-order valence-corrected chi connectivity index (χ3v) is 3.46. The van der Waals surface area contributed by atoms with Gasteiger partial charge in [0.25, 0.3) is 5.56 Å². The minimum atomic E-state index is -0.341. The van der Waals surface area contributed by atoms with Crippen molar-refractivity contribution in [3.05, 3.63) is 20.8 Å². The van der Waals surface area contributed by atoms with Crippen LogP contribution in [0.15, 0.2) is 9.59 Å². The first-order chi connectivity index (χ1) is 10.1. The van der Waals surface area contributed by atoms with Crippen molar-refractivity contribution < 1.29 is 5.11 Å². The van der Waals surface area contributed by atoms with E-state index in [2.05, 4.69) is 10.3 Å². The van der Waals surface area contributed by atoms with Crippen LogP contribution in [0.4, 0.5) is 5.95 Å². The fraction of sp³-hybridized carbons (Fsp3) is 0.615. The lowest BCUT2D eigenvalue weighted by Crippen LogP contribution is -2.40. The van der Waals surface area contributed by atoms with Crippen molar-refractivity contribution in [1.29, 1.82) is 0 Å². The molecule has 0 aliphatic heterocycles. The summed E-state index contributed by atoms with van der Waals surface area (Å²) in [6, 6.07) is 0. The topological polar surface area (TPSA) is 94.1 Å². The van der Waals surface area contributed by atoms with E-state index in [4.69, 9.17) is 5.11 Å². The molecule has 0 bridgehead atoms. The van der Waals surface area contributed by atoms with Gasteiger partial charge in [0.1, 0.15) is 0 Å². The molecule has 0 saturated carbocycles. The molecule has 8 heteroatoms. The van der Waals surface area contributed by atoms with E-state index < -0.39 is 0 Å². The largest absolute Gasteiger partial charge is 0.395 e. The number of hydrogen-bond acceptors (Lipinski definition) is 5. The molecule has 0 aliphatic carbocycles. The predicted molar refractivity (Wildman–Crippen MR) is 80.9 cm³/mol. The number of aryl methyl sites for hydroxylation is 2. The molecule has 0 fully saturated rings. The molecule has 0 aliphatic rings. The molecule has 0 atom stereocenters. The minimum absolute atomic E-state index is 0.0350. The van der Waals surface area contributed by atoms with Gasteiger partial charge in [0.2, 0.25) is 5.95 Å². The summed E-state index contributed by atoms with van der Waals surface area (Å²) >= 11 is 0. The smallest absolute Gasteiger partial charge is 0.332 e. The Morgan fingerprint density at radius 2 is 1.67 bits per heavy atom. The van der Waals surface area contributed by atoms with E-state index in [1.165, 1.54) is 9.13 Å². The van der Waals surface area contributed by atoms with Gasteiger partial charge in [-0.15, -0.1) is 0 Å². The number of fused-ring (bicyclic) bond motifs is 1. The van der Waals surface area contributed by atoms with Gasteiger partial charge in [-0.1, -0.05) is 0 Å². The first kappa shape index (κ1) is 15.3. The normalized spacial score (nSPS) is 11.2. The fourth-order valence-corrected chi connectivity index (χ4v) is 2.46. The molecule has 2 aromatic rings. The second kappa shape index (κ2) is 6.13. The second-order valence-corrected chi connectivity index (χ2v) is 4.58. The number of rotatable bonds is 6. The summed E-state index contributed by atoms with van der Waals surface area (Å²) in [7, 11) is 0. The van der Waals surface area contributed by atoms with Gasteiger partial charge in [-0.05, 0) is 20.8 Å². The van der Waals surface area contributed by atoms with Gasteiger partial charge in [-0.2, -0.15) is 4.98 Å². The maximum atomic E-state index is 12.5. The van der Waals surface area contributed by atoms with Crippen LogP contribution in [0, 0.1) is 0 Å². The Balaban J connectivity index is 2.87. The number of aliphatic hydroxyl groups is 1. The van der Waals surface area contributed by atoms with Gasteiger partial charge in [-0.3, -0.25) is 13.9 Å². The number of aliphatic hydroxyl groups excluding tert-OH is 1. The molecule has 116 valence electrons. The highest BCUT2D eigenvalue weighted by Crippen LogP contribution is 2.15. The molecule has 21 heavy (non-hydrogen) atoms. The Kier molecular flexibility index (Phi) is 4.46. The maximum Gasteiger partial charge on any atom is 0.332 e. The van der Waals surface area contributed by atoms with Gasteiger partial charge in [0.05, 0.1) is 6.61 Å². The second-order valence-electron chi connectivity index (χ2n) is 4.58. The highest BCUT2D eigenvalue weighted by Gasteiger charge is 2.19. The third kappa shape index (κ3) is 2.35. The Bertz CT molecular complexity index is 756. The average Bonchev–Trinajstić information content (AvgIpc) is 2.84. The number of nitrogens with zero attached hydrogens (tertiary/aromatic N) is 4. The number of imidazole rings is 1. The number of hydrogen-bond donors (Lipinski definition) is 2. The Morgan fingerprint density at radius 3 is 2.19 bits per heavy atom. The average molecular weight is 295 g/mol. The van der Waals surface area contributed by atoms with Crippen LogP contribution in [-0.2, 0) is 19.6 Å². The van der Waals surface area contributed by atoms with Crippen molar-refractivity contribution in [1.82, 2.24) is 18.7 Å². The third-order valence-electron chi connectivity index (χ3n) is 3.46. The minimum Gasteiger partial charge on any atom is -0.395 e. The molecule has 2 N–H and O–H groups in total. The summed E-state index contributed by atoms with van der Waals surface area (Å²) in [5.74, 6) is 0.495. The lowest BCUT2D eigenvalue weighted by atomic mass is 10.4. The zero-order chi connectivity index (χ0) is 15.6. The molecule has 8 nitrogen and oxygen atoms in total. The van der Waals surface area contributed by atoms with Crippen LogP contribution in [0.1, 0.15) is 20.8 Å². The zero-order valence-electron chi connectivity index (χ0n) is 12.6. The summed E-state index contributed by atoms with van der Waals surface area (Å²) in [5.41, 5.74) is 0.140. The van der Waals surface area contributed by atoms with E-state index in [9.17, 15) is 9.59 Å². The summed E-state index contributed by atoms with van der Waals surface area (Å²) in [6.45, 7) is 7.13. The quantitative estimate of drug-likeness (QED) is 0.771. The fourth-order valence-electron chi connectivity index (χ4n) is 2.46. The molecule has 0 radical (unpaired) electrons. The number of nitrogens with one attached hydrogen (secondary N) is 1. The molecule has 0 saturated heterocycles. The predicted octanol–water partition coefficient (Wildman–Crippen LogP) is -0.176. The van der Waals surface area contributed by atoms with Crippen LogP contribution < -0.4 is 16.6 Å². The van der Waals surface area contributed by atoms with Crippen molar-refractivity contribution in [2.24, 2.45) is 0 Å². The highest BCUT2D eigenvalue weighted by molar-refractivity contribution is 5.74. The van der Waals surface area contributed by atoms with E-state index in [-0.39, 0.29) is 17.9 Å². The van der Waals surface area contributed by atoms with Gasteiger partial charge >= 0.3 is 5.69 Å². The number of aromatic nitrogens is 4. The summed E-state index contributed by atoms with van der Waals surface area (Å²) < 4.78 is 4.46. The Labute approximate surface area is 121 Å². The molecule has 2 heterocycles. The van der Waals surface area contributed by atoms with Crippen molar-refractivity contribution in [2.75, 3.05) is 18.5 Å². The lowest BCUT2D eigenvalue weighted by molar-refractivity contribution is 0.310. The van der Waals surface area contributed by atoms with E-state index in [0.717, 1.165) is 0 Å². The van der Waals surface area contributed by atoms with Crippen molar-refractivity contribution in [3.8, 4) is 0 Å². The lowest BCUT2D eigenvalue weighted by Gasteiger charge is -2.09. The maximum absolute atomic E-state index is 12.5. The summed E-state index contributed by atoms with van der Waals surface area (Å²) in [4.78, 5) is 29.2. The first-order valence-corrected chi connectivity index (χ1v) is 7.19. The number of anilines is 1. The van der Waals surface area contributed by atoms with Crippen LogP contribution in [0.25, 0.3) is 11.2 Å². The molecule has 0 amide bonds. The Hall–Kier alpha value is -2.09. The van der Waals surface area contributed by atoms with E-state index in [1.807, 2.05) is 13.8 Å². The van der Waals surface area contributed by atoms with Crippen LogP contribution in [0.5, 0.6) is 0 Å². The van der Waals surface area contributed by atoms with Gasteiger partial charge in [-0.25, -0.2) is 4.79 Å². The molecule has 0 unspecified atom stereocenters.